The second kappa shape index (κ2) is 3.04. The number of halogens is 2. The van der Waals surface area contributed by atoms with Gasteiger partial charge in [-0.15, -0.1) is 0 Å². The Balaban J connectivity index is 2.08. The fraction of sp³-hybridized carbons (Fsp3) is 0.700. The maximum Gasteiger partial charge on any atom is 0.403 e. The summed E-state index contributed by atoms with van der Waals surface area (Å²) < 4.78 is 30.8. The molecule has 4 heteroatoms. The minimum absolute atomic E-state index is 0.116. The summed E-state index contributed by atoms with van der Waals surface area (Å²) >= 11 is 0. The monoisotopic (exact) mass is 202 g/mol. The SMILES string of the molecule is CC(=O)OC(F)(F)C1CC2C=CC1C2. The Hall–Kier alpha value is -0.930. The van der Waals surface area contributed by atoms with Crippen LogP contribution in [0.4, 0.5) is 8.78 Å². The first-order chi connectivity index (χ1) is 6.49. The van der Waals surface area contributed by atoms with Crippen molar-refractivity contribution in [2.24, 2.45) is 17.8 Å². The van der Waals surface area contributed by atoms with E-state index in [9.17, 15) is 13.6 Å². The largest absolute Gasteiger partial charge is 0.403 e. The zero-order valence-corrected chi connectivity index (χ0v) is 7.87. The molecule has 0 aromatic carbocycles. The summed E-state index contributed by atoms with van der Waals surface area (Å²) in [5.41, 5.74) is 0. The molecule has 0 radical (unpaired) electrons. The first-order valence-corrected chi connectivity index (χ1v) is 4.75. The Labute approximate surface area is 80.9 Å². The molecule has 2 nitrogen and oxygen atoms in total. The summed E-state index contributed by atoms with van der Waals surface area (Å²) in [6.45, 7) is 1.01. The summed E-state index contributed by atoms with van der Waals surface area (Å²) in [7, 11) is 0. The number of hydrogen-bond acceptors (Lipinski definition) is 2. The predicted octanol–water partition coefficient (Wildman–Crippen LogP) is 2.35. The topological polar surface area (TPSA) is 26.3 Å². The molecule has 3 atom stereocenters. The summed E-state index contributed by atoms with van der Waals surface area (Å²) in [4.78, 5) is 10.5. The molecular weight excluding hydrogens is 190 g/mol. The molecule has 2 aliphatic rings. The van der Waals surface area contributed by atoms with Crippen LogP contribution in [0.15, 0.2) is 12.2 Å². The van der Waals surface area contributed by atoms with Gasteiger partial charge < -0.3 is 4.74 Å². The first kappa shape index (κ1) is 9.62. The van der Waals surface area contributed by atoms with E-state index in [1.54, 1.807) is 0 Å². The van der Waals surface area contributed by atoms with Crippen LogP contribution >= 0.6 is 0 Å². The van der Waals surface area contributed by atoms with Crippen molar-refractivity contribution < 1.29 is 18.3 Å². The van der Waals surface area contributed by atoms with Crippen LogP contribution in [-0.2, 0) is 9.53 Å². The van der Waals surface area contributed by atoms with Gasteiger partial charge in [0.25, 0.3) is 0 Å². The van der Waals surface area contributed by atoms with Crippen LogP contribution in [0, 0.1) is 17.8 Å². The summed E-state index contributed by atoms with van der Waals surface area (Å²) in [6.07, 6.45) is 1.71. The highest BCUT2D eigenvalue weighted by molar-refractivity contribution is 5.66. The Kier molecular flexibility index (Phi) is 2.09. The van der Waals surface area contributed by atoms with Gasteiger partial charge in [-0.3, -0.25) is 4.79 Å². The summed E-state index contributed by atoms with van der Waals surface area (Å²) in [5, 5.41) is 0. The van der Waals surface area contributed by atoms with Crippen molar-refractivity contribution >= 4 is 5.97 Å². The van der Waals surface area contributed by atoms with Crippen LogP contribution in [0.25, 0.3) is 0 Å². The van der Waals surface area contributed by atoms with E-state index < -0.39 is 18.0 Å². The summed E-state index contributed by atoms with van der Waals surface area (Å²) in [6, 6.07) is 0. The highest BCUT2D eigenvalue weighted by Gasteiger charge is 2.52. The third-order valence-corrected chi connectivity index (χ3v) is 2.99. The number of esters is 1. The lowest BCUT2D eigenvalue weighted by molar-refractivity contribution is -0.261. The van der Waals surface area contributed by atoms with Gasteiger partial charge in [0.1, 0.15) is 0 Å². The van der Waals surface area contributed by atoms with Crippen molar-refractivity contribution in [1.29, 1.82) is 0 Å². The molecule has 0 spiro atoms. The number of carbonyl (C=O) groups excluding carboxylic acids is 1. The van der Waals surface area contributed by atoms with Crippen LogP contribution < -0.4 is 0 Å². The van der Waals surface area contributed by atoms with E-state index in [0.29, 0.717) is 6.42 Å². The van der Waals surface area contributed by atoms with Gasteiger partial charge in [-0.2, -0.15) is 8.78 Å². The molecule has 1 fully saturated rings. The second-order valence-electron chi connectivity index (χ2n) is 4.04. The van der Waals surface area contributed by atoms with E-state index in [1.165, 1.54) is 0 Å². The molecule has 0 aliphatic heterocycles. The standard InChI is InChI=1S/C10H12F2O2/c1-6(13)14-10(11,12)9-5-7-2-3-8(9)4-7/h2-3,7-9H,4-5H2,1H3. The third kappa shape index (κ3) is 1.53. The number of rotatable bonds is 2. The van der Waals surface area contributed by atoms with E-state index in [4.69, 9.17) is 0 Å². The van der Waals surface area contributed by atoms with Gasteiger partial charge in [0, 0.05) is 6.92 Å². The Bertz CT molecular complexity index is 286. The van der Waals surface area contributed by atoms with Crippen LogP contribution in [0.2, 0.25) is 0 Å². The lowest BCUT2D eigenvalue weighted by atomic mass is 9.92. The average Bonchev–Trinajstić information content (AvgIpc) is 2.60. The molecule has 3 unspecified atom stereocenters. The van der Waals surface area contributed by atoms with Gasteiger partial charge in [-0.05, 0) is 24.7 Å². The number of hydrogen-bond donors (Lipinski definition) is 0. The number of alkyl halides is 2. The number of allylic oxidation sites excluding steroid dienone is 2. The van der Waals surface area contributed by atoms with Gasteiger partial charge in [-0.1, -0.05) is 12.2 Å². The quantitative estimate of drug-likeness (QED) is 0.507. The van der Waals surface area contributed by atoms with E-state index in [0.717, 1.165) is 13.3 Å². The highest BCUT2D eigenvalue weighted by Crippen LogP contribution is 2.50. The molecule has 0 aromatic rings. The maximum atomic E-state index is 13.4. The molecule has 78 valence electrons. The molecule has 0 N–H and O–H groups in total. The van der Waals surface area contributed by atoms with E-state index in [2.05, 4.69) is 4.74 Å². The van der Waals surface area contributed by atoms with Gasteiger partial charge in [-0.25, -0.2) is 0 Å². The van der Waals surface area contributed by atoms with Crippen molar-refractivity contribution in [3.63, 3.8) is 0 Å². The molecule has 0 heterocycles. The normalized spacial score (nSPS) is 34.9. The Morgan fingerprint density at radius 1 is 1.43 bits per heavy atom. The molecule has 14 heavy (non-hydrogen) atoms. The molecule has 0 amide bonds. The third-order valence-electron chi connectivity index (χ3n) is 2.99. The zero-order valence-electron chi connectivity index (χ0n) is 7.87. The second-order valence-corrected chi connectivity index (χ2v) is 4.04. The molecule has 2 rings (SSSR count). The highest BCUT2D eigenvalue weighted by atomic mass is 19.3. The zero-order chi connectivity index (χ0) is 10.3. The smallest absolute Gasteiger partial charge is 0.401 e. The van der Waals surface area contributed by atoms with Crippen molar-refractivity contribution in [3.05, 3.63) is 12.2 Å². The fourth-order valence-corrected chi connectivity index (χ4v) is 2.43. The van der Waals surface area contributed by atoms with E-state index >= 15 is 0 Å². The molecule has 0 saturated heterocycles. The van der Waals surface area contributed by atoms with Crippen LogP contribution in [0.5, 0.6) is 0 Å². The van der Waals surface area contributed by atoms with Crippen molar-refractivity contribution in [2.75, 3.05) is 0 Å². The minimum atomic E-state index is -3.30. The molecular formula is C10H12F2O2. The van der Waals surface area contributed by atoms with E-state index in [-0.39, 0.29) is 11.8 Å². The fourth-order valence-electron chi connectivity index (χ4n) is 2.43. The van der Waals surface area contributed by atoms with Crippen LogP contribution in [0.3, 0.4) is 0 Å². The van der Waals surface area contributed by atoms with Gasteiger partial charge in [0.2, 0.25) is 0 Å². The van der Waals surface area contributed by atoms with Crippen molar-refractivity contribution in [2.45, 2.75) is 25.9 Å². The van der Waals surface area contributed by atoms with Gasteiger partial charge in [0.15, 0.2) is 0 Å². The predicted molar refractivity (Wildman–Crippen MR) is 45.6 cm³/mol. The van der Waals surface area contributed by atoms with E-state index in [1.807, 2.05) is 12.2 Å². The average molecular weight is 202 g/mol. The van der Waals surface area contributed by atoms with Gasteiger partial charge >= 0.3 is 12.1 Å². The maximum absolute atomic E-state index is 13.4. The lowest BCUT2D eigenvalue weighted by Crippen LogP contribution is -2.35. The number of carbonyl (C=O) groups is 1. The number of fused-ring (bicyclic) bond motifs is 2. The molecule has 0 aromatic heterocycles. The Morgan fingerprint density at radius 2 is 2.14 bits per heavy atom. The lowest BCUT2D eigenvalue weighted by Gasteiger charge is -2.26. The molecule has 2 aliphatic carbocycles. The Morgan fingerprint density at radius 3 is 2.57 bits per heavy atom. The first-order valence-electron chi connectivity index (χ1n) is 4.75. The van der Waals surface area contributed by atoms with Gasteiger partial charge in [0.05, 0.1) is 5.92 Å². The van der Waals surface area contributed by atoms with Crippen molar-refractivity contribution in [3.8, 4) is 0 Å². The van der Waals surface area contributed by atoms with Crippen LogP contribution in [0.1, 0.15) is 19.8 Å². The molecule has 1 saturated carbocycles. The van der Waals surface area contributed by atoms with Crippen molar-refractivity contribution in [1.82, 2.24) is 0 Å². The molecule has 2 bridgehead atoms. The van der Waals surface area contributed by atoms with Crippen LogP contribution in [-0.4, -0.2) is 12.1 Å². The minimum Gasteiger partial charge on any atom is -0.401 e. The summed E-state index contributed by atoms with van der Waals surface area (Å²) in [5.74, 6) is -1.59. The number of ether oxygens (including phenoxy) is 1.